The van der Waals surface area contributed by atoms with Gasteiger partial charge in [0.25, 0.3) is 0 Å². The Balaban J connectivity index is 2.74. The van der Waals surface area contributed by atoms with E-state index in [2.05, 4.69) is 26.1 Å². The van der Waals surface area contributed by atoms with Crippen LogP contribution in [0.1, 0.15) is 32.8 Å². The highest BCUT2D eigenvalue weighted by atomic mass is 16.5. The molecule has 1 aromatic carbocycles. The first kappa shape index (κ1) is 15.8. The van der Waals surface area contributed by atoms with Crippen molar-refractivity contribution in [3.05, 3.63) is 23.8 Å². The van der Waals surface area contributed by atoms with Gasteiger partial charge >= 0.3 is 0 Å². The van der Waals surface area contributed by atoms with Crippen molar-refractivity contribution in [1.82, 2.24) is 5.32 Å². The van der Waals surface area contributed by atoms with Crippen molar-refractivity contribution in [1.29, 1.82) is 0 Å². The topological polar surface area (TPSA) is 61.7 Å². The molecule has 1 unspecified atom stereocenters. The smallest absolute Gasteiger partial charge is 0.162 e. The Bertz CT molecular complexity index is 399. The van der Waals surface area contributed by atoms with Crippen molar-refractivity contribution < 1.29 is 14.9 Å². The van der Waals surface area contributed by atoms with Crippen LogP contribution >= 0.6 is 0 Å². The third-order valence-corrected chi connectivity index (χ3v) is 3.30. The lowest BCUT2D eigenvalue weighted by Crippen LogP contribution is -2.40. The summed E-state index contributed by atoms with van der Waals surface area (Å²) in [5.41, 5.74) is 0.851. The van der Waals surface area contributed by atoms with Crippen LogP contribution in [0.4, 0.5) is 0 Å². The molecule has 3 N–H and O–H groups in total. The summed E-state index contributed by atoms with van der Waals surface area (Å²) in [7, 11) is 1.54. The molecule has 4 nitrogen and oxygen atoms in total. The summed E-state index contributed by atoms with van der Waals surface area (Å²) in [6.45, 7) is 7.09. The number of aromatic hydroxyl groups is 1. The summed E-state index contributed by atoms with van der Waals surface area (Å²) in [5, 5.41) is 22.5. The van der Waals surface area contributed by atoms with Crippen molar-refractivity contribution in [3.8, 4) is 11.5 Å². The van der Waals surface area contributed by atoms with Gasteiger partial charge in [-0.2, -0.15) is 0 Å². The molecule has 1 aromatic rings. The molecule has 0 heterocycles. The third kappa shape index (κ3) is 4.40. The minimum Gasteiger partial charge on any atom is -0.504 e. The Hall–Kier alpha value is -1.26. The number of aliphatic hydroxyl groups is 1. The molecule has 0 aliphatic rings. The SMILES string of the molecule is COc1cccc(CNC(CCO)C(C)(C)C)c1O. The molecule has 108 valence electrons. The maximum atomic E-state index is 10.0. The van der Waals surface area contributed by atoms with E-state index in [1.807, 2.05) is 12.1 Å². The van der Waals surface area contributed by atoms with Crippen LogP contribution in [-0.2, 0) is 6.54 Å². The number of para-hydroxylation sites is 1. The second kappa shape index (κ2) is 6.78. The normalized spacial score (nSPS) is 13.3. The molecular weight excluding hydrogens is 242 g/mol. The number of nitrogens with one attached hydrogen (secondary N) is 1. The van der Waals surface area contributed by atoms with Crippen molar-refractivity contribution >= 4 is 0 Å². The quantitative estimate of drug-likeness (QED) is 0.740. The lowest BCUT2D eigenvalue weighted by Gasteiger charge is -2.31. The number of rotatable bonds is 6. The summed E-state index contributed by atoms with van der Waals surface area (Å²) in [6, 6.07) is 5.63. The highest BCUT2D eigenvalue weighted by Gasteiger charge is 2.23. The van der Waals surface area contributed by atoms with E-state index in [9.17, 15) is 5.11 Å². The molecule has 0 bridgehead atoms. The van der Waals surface area contributed by atoms with E-state index in [0.717, 1.165) is 5.56 Å². The number of ether oxygens (including phenoxy) is 1. The van der Waals surface area contributed by atoms with Gasteiger partial charge in [0.15, 0.2) is 11.5 Å². The van der Waals surface area contributed by atoms with Crippen LogP contribution in [0.25, 0.3) is 0 Å². The second-order valence-electron chi connectivity index (χ2n) is 5.78. The van der Waals surface area contributed by atoms with Gasteiger partial charge in [0, 0.05) is 24.8 Å². The number of methoxy groups -OCH3 is 1. The summed E-state index contributed by atoms with van der Waals surface area (Å²) in [4.78, 5) is 0. The van der Waals surface area contributed by atoms with Crippen molar-refractivity contribution in [2.24, 2.45) is 5.41 Å². The average Bonchev–Trinajstić information content (AvgIpc) is 2.34. The van der Waals surface area contributed by atoms with Crippen molar-refractivity contribution in [2.45, 2.75) is 39.8 Å². The van der Waals surface area contributed by atoms with Gasteiger partial charge in [-0.3, -0.25) is 0 Å². The van der Waals surface area contributed by atoms with E-state index in [1.54, 1.807) is 6.07 Å². The van der Waals surface area contributed by atoms with E-state index in [0.29, 0.717) is 18.7 Å². The summed E-state index contributed by atoms with van der Waals surface area (Å²) >= 11 is 0. The third-order valence-electron chi connectivity index (χ3n) is 3.30. The summed E-state index contributed by atoms with van der Waals surface area (Å²) in [6.07, 6.45) is 0.689. The lowest BCUT2D eigenvalue weighted by atomic mass is 9.85. The predicted octanol–water partition coefficient (Wildman–Crippen LogP) is 2.29. The Morgan fingerprint density at radius 3 is 2.53 bits per heavy atom. The van der Waals surface area contributed by atoms with Crippen LogP contribution in [0.15, 0.2) is 18.2 Å². The molecule has 0 aliphatic carbocycles. The van der Waals surface area contributed by atoms with E-state index in [4.69, 9.17) is 9.84 Å². The lowest BCUT2D eigenvalue weighted by molar-refractivity contribution is 0.196. The second-order valence-corrected chi connectivity index (χ2v) is 5.78. The Kier molecular flexibility index (Phi) is 5.63. The van der Waals surface area contributed by atoms with E-state index >= 15 is 0 Å². The van der Waals surface area contributed by atoms with Gasteiger partial charge in [-0.05, 0) is 17.9 Å². The average molecular weight is 267 g/mol. The number of hydrogen-bond donors (Lipinski definition) is 3. The largest absolute Gasteiger partial charge is 0.504 e. The van der Waals surface area contributed by atoms with Gasteiger partial charge in [0.1, 0.15) is 0 Å². The minimum absolute atomic E-state index is 0.0528. The molecule has 0 saturated heterocycles. The highest BCUT2D eigenvalue weighted by Crippen LogP contribution is 2.30. The van der Waals surface area contributed by atoms with E-state index in [-0.39, 0.29) is 23.8 Å². The Morgan fingerprint density at radius 1 is 1.32 bits per heavy atom. The summed E-state index contributed by atoms with van der Waals surface area (Å²) < 4.78 is 5.09. The van der Waals surface area contributed by atoms with Crippen molar-refractivity contribution in [3.63, 3.8) is 0 Å². The maximum Gasteiger partial charge on any atom is 0.162 e. The summed E-state index contributed by atoms with van der Waals surface area (Å²) in [5.74, 6) is 0.655. The fourth-order valence-corrected chi connectivity index (χ4v) is 2.08. The zero-order valence-corrected chi connectivity index (χ0v) is 12.2. The van der Waals surface area contributed by atoms with Gasteiger partial charge in [-0.15, -0.1) is 0 Å². The fourth-order valence-electron chi connectivity index (χ4n) is 2.08. The molecule has 0 radical (unpaired) electrons. The number of hydrogen-bond acceptors (Lipinski definition) is 4. The first-order valence-electron chi connectivity index (χ1n) is 6.59. The zero-order chi connectivity index (χ0) is 14.5. The van der Waals surface area contributed by atoms with Crippen LogP contribution in [-0.4, -0.2) is 30.0 Å². The van der Waals surface area contributed by atoms with Crippen LogP contribution in [0.5, 0.6) is 11.5 Å². The molecule has 0 amide bonds. The van der Waals surface area contributed by atoms with Crippen molar-refractivity contribution in [2.75, 3.05) is 13.7 Å². The standard InChI is InChI=1S/C15H25NO3/c1-15(2,3)13(8-9-17)16-10-11-6-5-7-12(19-4)14(11)18/h5-7,13,16-18H,8-10H2,1-4H3. The minimum atomic E-state index is 0.0528. The van der Waals surface area contributed by atoms with E-state index in [1.165, 1.54) is 7.11 Å². The molecule has 0 saturated carbocycles. The monoisotopic (exact) mass is 267 g/mol. The molecule has 0 fully saturated rings. The van der Waals surface area contributed by atoms with Crippen LogP contribution in [0.3, 0.4) is 0 Å². The fraction of sp³-hybridized carbons (Fsp3) is 0.600. The number of phenolic OH excluding ortho intramolecular Hbond substituents is 1. The molecule has 0 aromatic heterocycles. The van der Waals surface area contributed by atoms with E-state index < -0.39 is 0 Å². The highest BCUT2D eigenvalue weighted by molar-refractivity contribution is 5.45. The van der Waals surface area contributed by atoms with Gasteiger partial charge in [0.05, 0.1) is 7.11 Å². The van der Waals surface area contributed by atoms with Gasteiger partial charge < -0.3 is 20.3 Å². The van der Waals surface area contributed by atoms with Gasteiger partial charge in [-0.1, -0.05) is 32.9 Å². The Morgan fingerprint density at radius 2 is 2.00 bits per heavy atom. The molecule has 1 rings (SSSR count). The molecule has 19 heavy (non-hydrogen) atoms. The first-order chi connectivity index (χ1) is 8.90. The maximum absolute atomic E-state index is 10.0. The Labute approximate surface area is 115 Å². The van der Waals surface area contributed by atoms with Gasteiger partial charge in [-0.25, -0.2) is 0 Å². The predicted molar refractivity (Wildman–Crippen MR) is 76.4 cm³/mol. The number of phenols is 1. The first-order valence-corrected chi connectivity index (χ1v) is 6.59. The van der Waals surface area contributed by atoms with Crippen LogP contribution in [0, 0.1) is 5.41 Å². The van der Waals surface area contributed by atoms with Crippen LogP contribution in [0.2, 0.25) is 0 Å². The van der Waals surface area contributed by atoms with Gasteiger partial charge in [0.2, 0.25) is 0 Å². The molecule has 0 aliphatic heterocycles. The number of aliphatic hydroxyl groups excluding tert-OH is 1. The molecular formula is C15H25NO3. The number of benzene rings is 1. The van der Waals surface area contributed by atoms with Crippen LogP contribution < -0.4 is 10.1 Å². The molecule has 0 spiro atoms. The zero-order valence-electron chi connectivity index (χ0n) is 12.2. The molecule has 4 heteroatoms. The molecule has 1 atom stereocenters.